The van der Waals surface area contributed by atoms with Gasteiger partial charge in [0.05, 0.1) is 0 Å². The maximum Gasteiger partial charge on any atom is 0.238 e. The zero-order chi connectivity index (χ0) is 7.56. The van der Waals surface area contributed by atoms with Crippen LogP contribution < -0.4 is 4.31 Å². The van der Waals surface area contributed by atoms with Crippen molar-refractivity contribution in [1.29, 1.82) is 0 Å². The molecule has 0 aliphatic carbocycles. The number of anilines is 1. The molecule has 0 aliphatic heterocycles. The van der Waals surface area contributed by atoms with Crippen molar-refractivity contribution < 1.29 is 0 Å². The highest BCUT2D eigenvalue weighted by Gasteiger charge is 1.97. The molecule has 1 rings (SSSR count). The summed E-state index contributed by atoms with van der Waals surface area (Å²) in [4.78, 5) is 11.7. The summed E-state index contributed by atoms with van der Waals surface area (Å²) < 4.78 is 1.54. The van der Waals surface area contributed by atoms with Gasteiger partial charge in [-0.05, 0) is 6.92 Å². The number of rotatable bonds is 1. The molecule has 1 aromatic heterocycles. The lowest BCUT2D eigenvalue weighted by Crippen LogP contribution is -2.07. The topological polar surface area (TPSA) is 41.9 Å². The monoisotopic (exact) mass is 156 g/mol. The predicted molar refractivity (Wildman–Crippen MR) is 42.0 cm³/mol. The van der Waals surface area contributed by atoms with Gasteiger partial charge in [-0.3, -0.25) is 4.31 Å². The van der Waals surface area contributed by atoms with E-state index in [4.69, 9.17) is 0 Å². The highest BCUT2D eigenvalue weighted by molar-refractivity contribution is 7.81. The van der Waals surface area contributed by atoms with Crippen molar-refractivity contribution in [2.45, 2.75) is 6.92 Å². The van der Waals surface area contributed by atoms with Crippen molar-refractivity contribution in [2.24, 2.45) is 0 Å². The van der Waals surface area contributed by atoms with Crippen LogP contribution in [0, 0.1) is 6.92 Å². The van der Waals surface area contributed by atoms with Crippen LogP contribution in [0.5, 0.6) is 0 Å². The standard InChI is InChI=1S/C5H8N4S/c1-4-6-3-7-5(8-4)9(2)10/h3,10H,1-2H3. The fraction of sp³-hybridized carbons (Fsp3) is 0.400. The number of nitrogens with zero attached hydrogens (tertiary/aromatic N) is 4. The van der Waals surface area contributed by atoms with Gasteiger partial charge in [-0.25, -0.2) is 9.97 Å². The maximum absolute atomic E-state index is 4.02. The minimum Gasteiger partial charge on any atom is -0.290 e. The molecule has 0 radical (unpaired) electrons. The minimum absolute atomic E-state index is 0.566. The third kappa shape index (κ3) is 1.57. The van der Waals surface area contributed by atoms with E-state index in [0.717, 1.165) is 0 Å². The molecular formula is C5H8N4S. The van der Waals surface area contributed by atoms with Gasteiger partial charge < -0.3 is 0 Å². The predicted octanol–water partition coefficient (Wildman–Crippen LogP) is 0.461. The van der Waals surface area contributed by atoms with Crippen molar-refractivity contribution in [3.05, 3.63) is 12.2 Å². The first kappa shape index (κ1) is 7.27. The van der Waals surface area contributed by atoms with Gasteiger partial charge in [0.2, 0.25) is 5.95 Å². The molecule has 0 N–H and O–H groups in total. The highest BCUT2D eigenvalue weighted by atomic mass is 32.1. The minimum atomic E-state index is 0.566. The van der Waals surface area contributed by atoms with Crippen LogP contribution >= 0.6 is 12.8 Å². The summed E-state index contributed by atoms with van der Waals surface area (Å²) in [6.07, 6.45) is 1.46. The fourth-order valence-electron chi connectivity index (χ4n) is 0.522. The molecule has 0 fully saturated rings. The first-order valence-electron chi connectivity index (χ1n) is 2.78. The molecule has 1 heterocycles. The Labute approximate surface area is 64.9 Å². The summed E-state index contributed by atoms with van der Waals surface area (Å²) in [5, 5.41) is 0. The van der Waals surface area contributed by atoms with E-state index in [0.29, 0.717) is 11.8 Å². The van der Waals surface area contributed by atoms with Gasteiger partial charge in [-0.15, -0.1) is 0 Å². The van der Waals surface area contributed by atoms with Crippen molar-refractivity contribution in [3.8, 4) is 0 Å². The molecule has 5 heteroatoms. The molecule has 0 atom stereocenters. The number of hydrogen-bond acceptors (Lipinski definition) is 5. The summed E-state index contributed by atoms with van der Waals surface area (Å²) >= 11 is 4.02. The Balaban J connectivity index is 2.96. The Morgan fingerprint density at radius 3 is 2.60 bits per heavy atom. The van der Waals surface area contributed by atoms with Crippen molar-refractivity contribution in [3.63, 3.8) is 0 Å². The first-order chi connectivity index (χ1) is 4.70. The summed E-state index contributed by atoms with van der Waals surface area (Å²) in [6, 6.07) is 0. The quantitative estimate of drug-likeness (QED) is 0.600. The fourth-order valence-corrected chi connectivity index (χ4v) is 0.619. The molecule has 0 unspecified atom stereocenters. The lowest BCUT2D eigenvalue weighted by Gasteiger charge is -2.06. The van der Waals surface area contributed by atoms with E-state index >= 15 is 0 Å². The van der Waals surface area contributed by atoms with Gasteiger partial charge in [0, 0.05) is 7.05 Å². The van der Waals surface area contributed by atoms with E-state index < -0.39 is 0 Å². The van der Waals surface area contributed by atoms with Crippen LogP contribution in [0.3, 0.4) is 0 Å². The largest absolute Gasteiger partial charge is 0.290 e. The van der Waals surface area contributed by atoms with Gasteiger partial charge in [-0.2, -0.15) is 4.98 Å². The van der Waals surface area contributed by atoms with E-state index in [9.17, 15) is 0 Å². The molecule has 0 bridgehead atoms. The second-order valence-electron chi connectivity index (χ2n) is 1.86. The SMILES string of the molecule is Cc1ncnc(N(C)S)n1. The molecule has 0 saturated carbocycles. The molecule has 0 saturated heterocycles. The van der Waals surface area contributed by atoms with Gasteiger partial charge in [0.25, 0.3) is 0 Å². The van der Waals surface area contributed by atoms with Crippen molar-refractivity contribution >= 4 is 18.8 Å². The molecule has 10 heavy (non-hydrogen) atoms. The van der Waals surface area contributed by atoms with Crippen LogP contribution in [0.25, 0.3) is 0 Å². The Hall–Kier alpha value is -0.840. The van der Waals surface area contributed by atoms with Gasteiger partial charge in [-0.1, -0.05) is 12.8 Å². The summed E-state index contributed by atoms with van der Waals surface area (Å²) in [5.41, 5.74) is 0. The van der Waals surface area contributed by atoms with E-state index in [2.05, 4.69) is 27.8 Å². The molecule has 0 aliphatic rings. The first-order valence-corrected chi connectivity index (χ1v) is 3.18. The smallest absolute Gasteiger partial charge is 0.238 e. The second kappa shape index (κ2) is 2.83. The third-order valence-corrected chi connectivity index (χ3v) is 1.15. The van der Waals surface area contributed by atoms with Gasteiger partial charge in [0.1, 0.15) is 12.2 Å². The van der Waals surface area contributed by atoms with E-state index in [1.165, 1.54) is 10.6 Å². The molecule has 54 valence electrons. The molecule has 0 amide bonds. The normalized spacial score (nSPS) is 9.50. The summed E-state index contributed by atoms with van der Waals surface area (Å²) in [7, 11) is 1.76. The second-order valence-corrected chi connectivity index (χ2v) is 2.46. The van der Waals surface area contributed by atoms with Crippen LogP contribution in [-0.2, 0) is 0 Å². The van der Waals surface area contributed by atoms with Gasteiger partial charge >= 0.3 is 0 Å². The van der Waals surface area contributed by atoms with Crippen LogP contribution in [-0.4, -0.2) is 22.0 Å². The van der Waals surface area contributed by atoms with Crippen LogP contribution in [0.4, 0.5) is 5.95 Å². The maximum atomic E-state index is 4.02. The molecular weight excluding hydrogens is 148 g/mol. The Morgan fingerprint density at radius 2 is 2.20 bits per heavy atom. The Kier molecular flexibility index (Phi) is 2.06. The van der Waals surface area contributed by atoms with Crippen molar-refractivity contribution in [1.82, 2.24) is 15.0 Å². The molecule has 4 nitrogen and oxygen atoms in total. The Bertz CT molecular complexity index is 225. The van der Waals surface area contributed by atoms with Crippen molar-refractivity contribution in [2.75, 3.05) is 11.4 Å². The van der Waals surface area contributed by atoms with Gasteiger partial charge in [0.15, 0.2) is 0 Å². The number of aryl methyl sites for hydroxylation is 1. The zero-order valence-electron chi connectivity index (χ0n) is 5.81. The lowest BCUT2D eigenvalue weighted by atomic mass is 10.7. The molecule has 1 aromatic rings. The third-order valence-electron chi connectivity index (χ3n) is 0.969. The van der Waals surface area contributed by atoms with Crippen LogP contribution in [0.15, 0.2) is 6.33 Å². The van der Waals surface area contributed by atoms with E-state index in [-0.39, 0.29) is 0 Å². The summed E-state index contributed by atoms with van der Waals surface area (Å²) in [6.45, 7) is 1.81. The lowest BCUT2D eigenvalue weighted by molar-refractivity contribution is 0.960. The molecule has 0 aromatic carbocycles. The van der Waals surface area contributed by atoms with Crippen LogP contribution in [0.2, 0.25) is 0 Å². The summed E-state index contributed by atoms with van der Waals surface area (Å²) in [5.74, 6) is 1.27. The van der Waals surface area contributed by atoms with E-state index in [1.807, 2.05) is 6.92 Å². The van der Waals surface area contributed by atoms with E-state index in [1.54, 1.807) is 7.05 Å². The zero-order valence-corrected chi connectivity index (χ0v) is 6.71. The Morgan fingerprint density at radius 1 is 1.50 bits per heavy atom. The molecule has 0 spiro atoms. The average Bonchev–Trinajstić information content (AvgIpc) is 1.88. The highest BCUT2D eigenvalue weighted by Crippen LogP contribution is 2.03. The number of hydrogen-bond donors (Lipinski definition) is 1. The number of aromatic nitrogens is 3. The number of thiol groups is 1. The average molecular weight is 156 g/mol. The van der Waals surface area contributed by atoms with Crippen LogP contribution in [0.1, 0.15) is 5.82 Å².